The minimum Gasteiger partial charge on any atom is -0.462 e. The third kappa shape index (κ3) is 7.31. The lowest BCUT2D eigenvalue weighted by atomic mass is 10.1. The Morgan fingerprint density at radius 3 is 1.80 bits per heavy atom. The van der Waals surface area contributed by atoms with Crippen LogP contribution in [0, 0.1) is 0 Å². The van der Waals surface area contributed by atoms with Gasteiger partial charge < -0.3 is 9.47 Å². The first-order valence-corrected chi connectivity index (χ1v) is 14.0. The molecule has 0 fully saturated rings. The van der Waals surface area contributed by atoms with E-state index < -0.39 is 46.8 Å². The fraction of sp³-hybridized carbons (Fsp3) is 0.231. The summed E-state index contributed by atoms with van der Waals surface area (Å²) in [7, 11) is 0. The molecular weight excluding hydrogens is 725 g/mol. The summed E-state index contributed by atoms with van der Waals surface area (Å²) in [4.78, 5) is 38.0. The second-order valence-corrected chi connectivity index (χ2v) is 10.3. The maximum Gasteiger partial charge on any atom is 0.434 e. The van der Waals surface area contributed by atoms with Crippen LogP contribution in [0.3, 0.4) is 0 Å². The summed E-state index contributed by atoms with van der Waals surface area (Å²) >= 11 is 15.1. The first-order chi connectivity index (χ1) is 21.1. The third-order valence-electron chi connectivity index (χ3n) is 5.69. The molecule has 0 unspecified atom stereocenters. The highest BCUT2D eigenvalue weighted by atomic mass is 79.9. The largest absolute Gasteiger partial charge is 0.462 e. The van der Waals surface area contributed by atoms with Crippen LogP contribution in [0.2, 0.25) is 10.0 Å². The van der Waals surface area contributed by atoms with E-state index in [1.807, 2.05) is 0 Å². The number of benzene rings is 1. The van der Waals surface area contributed by atoms with E-state index in [2.05, 4.69) is 40.6 Å². The number of imidazole rings is 2. The lowest BCUT2D eigenvalue weighted by Crippen LogP contribution is -2.19. The molecule has 0 saturated carbocycles. The Hall–Kier alpha value is -3.96. The fourth-order valence-electron chi connectivity index (χ4n) is 3.84. The zero-order valence-electron chi connectivity index (χ0n) is 22.7. The van der Waals surface area contributed by atoms with Crippen LogP contribution < -0.4 is 0 Å². The van der Waals surface area contributed by atoms with Gasteiger partial charge >= 0.3 is 24.3 Å². The van der Waals surface area contributed by atoms with Crippen molar-refractivity contribution in [2.24, 2.45) is 0 Å². The standard InChI is InChI=1S/C16H10Cl2F3N3O2.C10H7BrF3N3O2/c1-2-26-14(25)10-7-24-12(9-4-3-8(17)5-11(9)18)6-22-15(24)23-13(10)16(19,20)21;1-2-19-8(18)5-4-17-6(11)3-15-9(17)16-7(5)10(12,13)14/h3-7H,2H2,1H3;3-4H,2H2,1H3. The molecule has 10 nitrogen and oxygen atoms in total. The summed E-state index contributed by atoms with van der Waals surface area (Å²) in [5.74, 6) is -2.60. The van der Waals surface area contributed by atoms with Crippen LogP contribution >= 0.6 is 39.1 Å². The maximum atomic E-state index is 13.3. The van der Waals surface area contributed by atoms with Gasteiger partial charge in [-0.2, -0.15) is 26.3 Å². The number of aromatic nitrogens is 6. The molecule has 5 rings (SSSR count). The van der Waals surface area contributed by atoms with Crippen molar-refractivity contribution in [3.8, 4) is 11.3 Å². The first-order valence-electron chi connectivity index (χ1n) is 12.4. The maximum absolute atomic E-state index is 13.3. The summed E-state index contributed by atoms with van der Waals surface area (Å²) in [5, 5.41) is 0.675. The van der Waals surface area contributed by atoms with Crippen molar-refractivity contribution >= 4 is 62.6 Å². The van der Waals surface area contributed by atoms with Crippen molar-refractivity contribution < 1.29 is 45.4 Å². The van der Waals surface area contributed by atoms with Gasteiger partial charge in [-0.25, -0.2) is 29.5 Å². The molecule has 0 spiro atoms. The normalized spacial score (nSPS) is 11.8. The summed E-state index contributed by atoms with van der Waals surface area (Å²) in [6.07, 6.45) is -5.00. The molecule has 0 atom stereocenters. The number of nitrogens with zero attached hydrogens (tertiary/aromatic N) is 6. The first kappa shape index (κ1) is 33.9. The fourth-order valence-corrected chi connectivity index (χ4v) is 4.71. The highest BCUT2D eigenvalue weighted by Crippen LogP contribution is 2.35. The van der Waals surface area contributed by atoms with Crippen LogP contribution in [0.5, 0.6) is 0 Å². The van der Waals surface area contributed by atoms with Crippen molar-refractivity contribution in [1.29, 1.82) is 0 Å². The minimum atomic E-state index is -4.84. The Balaban J connectivity index is 0.000000215. The molecular formula is C26H17BrCl2F6N6O4. The minimum absolute atomic E-state index is 0.0285. The molecule has 45 heavy (non-hydrogen) atoms. The molecule has 238 valence electrons. The molecule has 19 heteroatoms. The Labute approximate surface area is 267 Å². The summed E-state index contributed by atoms with van der Waals surface area (Å²) in [6.45, 7) is 2.89. The molecule has 0 aliphatic carbocycles. The number of fused-ring (bicyclic) bond motifs is 2. The molecule has 0 N–H and O–H groups in total. The van der Waals surface area contributed by atoms with Gasteiger partial charge in [-0.1, -0.05) is 23.2 Å². The number of halogens is 9. The molecule has 1 aromatic carbocycles. The molecule has 4 heterocycles. The van der Waals surface area contributed by atoms with E-state index in [1.54, 1.807) is 12.1 Å². The number of esters is 2. The molecule has 0 radical (unpaired) electrons. The second-order valence-electron chi connectivity index (χ2n) is 8.63. The third-order valence-corrected chi connectivity index (χ3v) is 6.83. The highest BCUT2D eigenvalue weighted by Gasteiger charge is 2.40. The molecule has 5 aromatic rings. The van der Waals surface area contributed by atoms with E-state index in [0.717, 1.165) is 12.4 Å². The lowest BCUT2D eigenvalue weighted by Gasteiger charge is -2.12. The Morgan fingerprint density at radius 2 is 1.31 bits per heavy atom. The van der Waals surface area contributed by atoms with Gasteiger partial charge in [-0.15, -0.1) is 0 Å². The zero-order chi connectivity index (χ0) is 33.3. The Bertz CT molecular complexity index is 1910. The van der Waals surface area contributed by atoms with E-state index >= 15 is 0 Å². The van der Waals surface area contributed by atoms with Gasteiger partial charge in [-0.3, -0.25) is 8.80 Å². The predicted molar refractivity (Wildman–Crippen MR) is 151 cm³/mol. The summed E-state index contributed by atoms with van der Waals surface area (Å²) in [6, 6.07) is 4.66. The van der Waals surface area contributed by atoms with Gasteiger partial charge in [0.1, 0.15) is 15.7 Å². The zero-order valence-corrected chi connectivity index (χ0v) is 25.8. The Morgan fingerprint density at radius 1 is 0.822 bits per heavy atom. The number of hydrogen-bond donors (Lipinski definition) is 0. The van der Waals surface area contributed by atoms with Crippen LogP contribution in [0.1, 0.15) is 46.0 Å². The molecule has 0 amide bonds. The van der Waals surface area contributed by atoms with Gasteiger partial charge in [0.15, 0.2) is 11.4 Å². The van der Waals surface area contributed by atoms with Gasteiger partial charge in [0.2, 0.25) is 11.6 Å². The molecule has 4 aromatic heterocycles. The van der Waals surface area contributed by atoms with Crippen molar-refractivity contribution in [2.75, 3.05) is 13.2 Å². The SMILES string of the molecule is CCOC(=O)c1cn2c(-c3ccc(Cl)cc3Cl)cnc2nc1C(F)(F)F.CCOC(=O)c1cn2c(Br)cnc2nc1C(F)(F)F. The van der Waals surface area contributed by atoms with E-state index in [4.69, 9.17) is 27.9 Å². The lowest BCUT2D eigenvalue weighted by molar-refractivity contribution is -0.142. The number of rotatable bonds is 5. The van der Waals surface area contributed by atoms with Gasteiger partial charge in [0.25, 0.3) is 0 Å². The highest BCUT2D eigenvalue weighted by molar-refractivity contribution is 9.10. The van der Waals surface area contributed by atoms with Gasteiger partial charge in [-0.05, 0) is 48.0 Å². The van der Waals surface area contributed by atoms with E-state index in [0.29, 0.717) is 20.9 Å². The number of hydrogen-bond acceptors (Lipinski definition) is 8. The Kier molecular flexibility index (Phi) is 9.94. The van der Waals surface area contributed by atoms with Gasteiger partial charge in [0.05, 0.1) is 36.3 Å². The van der Waals surface area contributed by atoms with E-state index in [-0.39, 0.29) is 29.8 Å². The van der Waals surface area contributed by atoms with E-state index in [9.17, 15) is 35.9 Å². The number of ether oxygens (including phenoxy) is 2. The monoisotopic (exact) mass is 740 g/mol. The van der Waals surface area contributed by atoms with Crippen LogP contribution in [-0.2, 0) is 21.8 Å². The van der Waals surface area contributed by atoms with Gasteiger partial charge in [0, 0.05) is 23.0 Å². The molecule has 0 aliphatic rings. The van der Waals surface area contributed by atoms with Crippen molar-refractivity contribution in [3.05, 3.63) is 80.1 Å². The summed E-state index contributed by atoms with van der Waals surface area (Å²) in [5.41, 5.74) is -3.20. The van der Waals surface area contributed by atoms with Crippen molar-refractivity contribution in [1.82, 2.24) is 28.7 Å². The van der Waals surface area contributed by atoms with Crippen LogP contribution in [0.25, 0.3) is 22.8 Å². The van der Waals surface area contributed by atoms with Crippen LogP contribution in [-0.4, -0.2) is 53.9 Å². The van der Waals surface area contributed by atoms with Crippen molar-refractivity contribution in [3.63, 3.8) is 0 Å². The molecule has 0 saturated heterocycles. The van der Waals surface area contributed by atoms with Crippen molar-refractivity contribution in [2.45, 2.75) is 26.2 Å². The number of carbonyl (C=O) groups is 2. The smallest absolute Gasteiger partial charge is 0.434 e. The molecule has 0 aliphatic heterocycles. The van der Waals surface area contributed by atoms with Crippen LogP contribution in [0.15, 0.2) is 47.6 Å². The summed E-state index contributed by atoms with van der Waals surface area (Å²) < 4.78 is 90.6. The molecule has 0 bridgehead atoms. The number of carbonyl (C=O) groups excluding carboxylic acids is 2. The van der Waals surface area contributed by atoms with E-state index in [1.165, 1.54) is 41.1 Å². The van der Waals surface area contributed by atoms with Crippen LogP contribution in [0.4, 0.5) is 26.3 Å². The second kappa shape index (κ2) is 13.2. The predicted octanol–water partition coefficient (Wildman–Crippen LogP) is 7.59. The average molecular weight is 742 g/mol. The number of alkyl halides is 6. The average Bonchev–Trinajstić information content (AvgIpc) is 3.54. The topological polar surface area (TPSA) is 113 Å². The quantitative estimate of drug-likeness (QED) is 0.134.